The van der Waals surface area contributed by atoms with Crippen molar-refractivity contribution in [3.63, 3.8) is 0 Å². The van der Waals surface area contributed by atoms with Gasteiger partial charge < -0.3 is 5.32 Å². The Morgan fingerprint density at radius 1 is 1.16 bits per heavy atom. The van der Waals surface area contributed by atoms with Crippen LogP contribution in [-0.4, -0.2) is 5.91 Å². The van der Waals surface area contributed by atoms with Crippen molar-refractivity contribution in [1.82, 2.24) is 5.32 Å². The number of benzene rings is 1. The summed E-state index contributed by atoms with van der Waals surface area (Å²) in [7, 11) is 0. The molecule has 132 valence electrons. The second kappa shape index (κ2) is 8.28. The van der Waals surface area contributed by atoms with Crippen LogP contribution in [0.15, 0.2) is 48.8 Å². The topological polar surface area (TPSA) is 33.0 Å². The molecule has 1 aromatic heterocycles. The minimum Gasteiger partial charge on any atom is -0.344 e. The Labute approximate surface area is 151 Å². The lowest BCUT2D eigenvalue weighted by molar-refractivity contribution is -0.684. The van der Waals surface area contributed by atoms with E-state index in [0.717, 1.165) is 32.1 Å². The van der Waals surface area contributed by atoms with E-state index in [4.69, 9.17) is 0 Å². The molecule has 0 aliphatic heterocycles. The second-order valence-electron chi connectivity index (χ2n) is 7.03. The Kier molecular flexibility index (Phi) is 5.85. The van der Waals surface area contributed by atoms with Crippen LogP contribution >= 0.6 is 0 Å². The number of rotatable bonds is 6. The molecule has 2 aromatic rings. The Morgan fingerprint density at radius 3 is 2.60 bits per heavy atom. The molecule has 0 saturated heterocycles. The van der Waals surface area contributed by atoms with Gasteiger partial charge in [0.05, 0.1) is 6.04 Å². The zero-order valence-electron chi connectivity index (χ0n) is 15.4. The fourth-order valence-electron chi connectivity index (χ4n) is 3.92. The van der Waals surface area contributed by atoms with Gasteiger partial charge in [0.25, 0.3) is 5.91 Å². The number of nitrogens with one attached hydrogen (secondary N) is 1. The second-order valence-corrected chi connectivity index (χ2v) is 7.03. The Balaban J connectivity index is 1.62. The van der Waals surface area contributed by atoms with Crippen LogP contribution < -0.4 is 9.88 Å². The highest BCUT2D eigenvalue weighted by Crippen LogP contribution is 2.29. The molecule has 1 amide bonds. The van der Waals surface area contributed by atoms with Crippen LogP contribution in [0.4, 0.5) is 0 Å². The summed E-state index contributed by atoms with van der Waals surface area (Å²) < 4.78 is 1.97. The molecule has 3 nitrogen and oxygen atoms in total. The number of hydrogen-bond donors (Lipinski definition) is 1. The van der Waals surface area contributed by atoms with Gasteiger partial charge in [-0.15, -0.1) is 0 Å². The van der Waals surface area contributed by atoms with Gasteiger partial charge in [-0.1, -0.05) is 38.1 Å². The number of aryl methyl sites for hydroxylation is 1. The highest BCUT2D eigenvalue weighted by molar-refractivity contribution is 5.75. The third-order valence-electron chi connectivity index (χ3n) is 5.40. The smallest absolute Gasteiger partial charge is 0.286 e. The number of hydrogen-bond acceptors (Lipinski definition) is 1. The molecule has 0 unspecified atom stereocenters. The van der Waals surface area contributed by atoms with Crippen LogP contribution in [0.1, 0.15) is 68.2 Å². The monoisotopic (exact) mass is 337 g/mol. The lowest BCUT2D eigenvalue weighted by Crippen LogP contribution is -2.44. The largest absolute Gasteiger partial charge is 0.344 e. The molecule has 0 spiro atoms. The number of aromatic nitrogens is 1. The molecule has 0 radical (unpaired) electrons. The molecule has 1 aliphatic rings. The molecule has 3 rings (SSSR count). The molecule has 1 aromatic carbocycles. The van der Waals surface area contributed by atoms with Crippen LogP contribution in [0.3, 0.4) is 0 Å². The average molecular weight is 337 g/mol. The highest BCUT2D eigenvalue weighted by Gasteiger charge is 2.22. The Morgan fingerprint density at radius 2 is 1.88 bits per heavy atom. The van der Waals surface area contributed by atoms with Crippen molar-refractivity contribution in [2.75, 3.05) is 0 Å². The van der Waals surface area contributed by atoms with Crippen LogP contribution in [0.2, 0.25) is 0 Å². The van der Waals surface area contributed by atoms with Gasteiger partial charge >= 0.3 is 0 Å². The fourth-order valence-corrected chi connectivity index (χ4v) is 3.92. The van der Waals surface area contributed by atoms with Gasteiger partial charge in [0.2, 0.25) is 6.54 Å². The molecule has 1 atom stereocenters. The molecule has 0 saturated carbocycles. The normalized spacial score (nSPS) is 16.5. The zero-order valence-corrected chi connectivity index (χ0v) is 15.4. The van der Waals surface area contributed by atoms with E-state index in [1.165, 1.54) is 16.7 Å². The number of fused-ring (bicyclic) bond motifs is 1. The van der Waals surface area contributed by atoms with Crippen molar-refractivity contribution in [3.05, 3.63) is 65.5 Å². The minimum absolute atomic E-state index is 0.0852. The van der Waals surface area contributed by atoms with Gasteiger partial charge in [0, 0.05) is 12.1 Å². The molecule has 1 N–H and O–H groups in total. The van der Waals surface area contributed by atoms with E-state index in [1.807, 2.05) is 17.0 Å². The van der Waals surface area contributed by atoms with Gasteiger partial charge in [0.15, 0.2) is 12.4 Å². The zero-order chi connectivity index (χ0) is 17.6. The molecule has 0 fully saturated rings. The van der Waals surface area contributed by atoms with Gasteiger partial charge in [0.1, 0.15) is 0 Å². The molecule has 1 heterocycles. The maximum absolute atomic E-state index is 12.5. The van der Waals surface area contributed by atoms with Crippen molar-refractivity contribution in [2.45, 2.75) is 64.5 Å². The maximum atomic E-state index is 12.5. The maximum Gasteiger partial charge on any atom is 0.286 e. The number of carbonyl (C=O) groups excluding carboxylic acids is 1. The van der Waals surface area contributed by atoms with Gasteiger partial charge in [-0.25, -0.2) is 0 Å². The summed E-state index contributed by atoms with van der Waals surface area (Å²) in [6, 6.07) is 12.9. The molecule has 0 bridgehead atoms. The number of carbonyl (C=O) groups is 1. The van der Waals surface area contributed by atoms with E-state index in [2.05, 4.69) is 55.6 Å². The van der Waals surface area contributed by atoms with Crippen LogP contribution in [0.5, 0.6) is 0 Å². The fraction of sp³-hybridized carbons (Fsp3) is 0.455. The Bertz CT molecular complexity index is 704. The predicted octanol–water partition coefficient (Wildman–Crippen LogP) is 4.07. The molecular weight excluding hydrogens is 308 g/mol. The first-order valence-corrected chi connectivity index (χ1v) is 9.57. The Hall–Kier alpha value is -2.16. The minimum atomic E-state index is 0.0852. The van der Waals surface area contributed by atoms with Crippen LogP contribution in [0, 0.1) is 0 Å². The first-order valence-electron chi connectivity index (χ1n) is 9.57. The molecular formula is C22H29N2O+. The van der Waals surface area contributed by atoms with E-state index in [1.54, 1.807) is 0 Å². The summed E-state index contributed by atoms with van der Waals surface area (Å²) in [5.74, 6) is 0.698. The average Bonchev–Trinajstić information content (AvgIpc) is 2.64. The summed E-state index contributed by atoms with van der Waals surface area (Å²) in [6.07, 6.45) is 9.66. The number of amides is 1. The summed E-state index contributed by atoms with van der Waals surface area (Å²) >= 11 is 0. The van der Waals surface area contributed by atoms with E-state index < -0.39 is 0 Å². The lowest BCUT2D eigenvalue weighted by Gasteiger charge is -2.25. The third kappa shape index (κ3) is 4.28. The molecule has 1 aliphatic carbocycles. The SMILES string of the molecule is CCC(CC)c1cc[n+](CC(=O)N[C@H]2CCCc3ccccc32)cc1. The van der Waals surface area contributed by atoms with Crippen molar-refractivity contribution in [2.24, 2.45) is 0 Å². The number of pyridine rings is 1. The van der Waals surface area contributed by atoms with Crippen LogP contribution in [-0.2, 0) is 17.8 Å². The van der Waals surface area contributed by atoms with E-state index >= 15 is 0 Å². The van der Waals surface area contributed by atoms with E-state index in [-0.39, 0.29) is 11.9 Å². The predicted molar refractivity (Wildman–Crippen MR) is 100 cm³/mol. The van der Waals surface area contributed by atoms with Crippen molar-refractivity contribution < 1.29 is 9.36 Å². The molecule has 25 heavy (non-hydrogen) atoms. The number of nitrogens with zero attached hydrogens (tertiary/aromatic N) is 1. The molecule has 3 heteroatoms. The van der Waals surface area contributed by atoms with Crippen molar-refractivity contribution >= 4 is 5.91 Å². The first kappa shape index (κ1) is 17.7. The third-order valence-corrected chi connectivity index (χ3v) is 5.40. The first-order chi connectivity index (χ1) is 12.2. The lowest BCUT2D eigenvalue weighted by atomic mass is 9.88. The van der Waals surface area contributed by atoms with E-state index in [0.29, 0.717) is 12.5 Å². The van der Waals surface area contributed by atoms with Gasteiger partial charge in [-0.2, -0.15) is 4.57 Å². The summed E-state index contributed by atoms with van der Waals surface area (Å²) in [5, 5.41) is 3.22. The summed E-state index contributed by atoms with van der Waals surface area (Å²) in [6.45, 7) is 4.83. The van der Waals surface area contributed by atoms with Gasteiger partial charge in [-0.3, -0.25) is 4.79 Å². The quantitative estimate of drug-likeness (QED) is 0.792. The van der Waals surface area contributed by atoms with Crippen molar-refractivity contribution in [3.8, 4) is 0 Å². The summed E-state index contributed by atoms with van der Waals surface area (Å²) in [4.78, 5) is 12.5. The highest BCUT2D eigenvalue weighted by atomic mass is 16.2. The summed E-state index contributed by atoms with van der Waals surface area (Å²) in [5.41, 5.74) is 4.03. The van der Waals surface area contributed by atoms with Crippen LogP contribution in [0.25, 0.3) is 0 Å². The van der Waals surface area contributed by atoms with Crippen molar-refractivity contribution in [1.29, 1.82) is 0 Å². The van der Waals surface area contributed by atoms with Gasteiger partial charge in [-0.05, 0) is 54.7 Å². The standard InChI is InChI=1S/C22H28N2O/c1-3-17(4-2)18-12-14-24(15-13-18)16-22(25)23-21-11-7-9-19-8-5-6-10-20(19)21/h5-6,8,10,12-15,17,21H,3-4,7,9,11,16H2,1-2H3/p+1/t21-/m0/s1. The van der Waals surface area contributed by atoms with E-state index in [9.17, 15) is 4.79 Å².